The van der Waals surface area contributed by atoms with Crippen LogP contribution < -0.4 is 0 Å². The van der Waals surface area contributed by atoms with Gasteiger partial charge in [0.1, 0.15) is 6.10 Å². The molecule has 5 heteroatoms. The van der Waals surface area contributed by atoms with Crippen LogP contribution in [-0.2, 0) is 14.3 Å². The summed E-state index contributed by atoms with van der Waals surface area (Å²) in [5.41, 5.74) is 1.12. The van der Waals surface area contributed by atoms with Gasteiger partial charge in [0.25, 0.3) is 0 Å². The second kappa shape index (κ2) is 5.89. The highest BCUT2D eigenvalue weighted by Crippen LogP contribution is 2.69. The number of allylic oxidation sites excluding steroid dienone is 2. The number of furan rings is 1. The van der Waals surface area contributed by atoms with Gasteiger partial charge in [-0.25, -0.2) is 4.79 Å². The van der Waals surface area contributed by atoms with Crippen molar-refractivity contribution in [1.29, 1.82) is 0 Å². The number of ether oxygens (including phenoxy) is 2. The van der Waals surface area contributed by atoms with Crippen LogP contribution in [0.3, 0.4) is 0 Å². The van der Waals surface area contributed by atoms with Crippen molar-refractivity contribution in [2.45, 2.75) is 59.0 Å². The van der Waals surface area contributed by atoms with Crippen LogP contribution in [-0.4, -0.2) is 17.9 Å². The molecule has 158 valence electrons. The number of rotatable bonds is 2. The van der Waals surface area contributed by atoms with Crippen molar-refractivity contribution in [2.75, 3.05) is 0 Å². The van der Waals surface area contributed by atoms with E-state index in [1.807, 2.05) is 6.08 Å². The number of fused-ring (bicyclic) bond motifs is 6. The molecule has 0 amide bonds. The molecular weight excluding hydrogens is 380 g/mol. The summed E-state index contributed by atoms with van der Waals surface area (Å²) in [6.45, 7) is 6.84. The van der Waals surface area contributed by atoms with Crippen molar-refractivity contribution < 1.29 is 23.5 Å². The van der Waals surface area contributed by atoms with Gasteiger partial charge in [0.15, 0.2) is 5.76 Å². The predicted octanol–water partition coefficient (Wildman–Crippen LogP) is 5.04. The minimum Gasteiger partial charge on any atom is -0.457 e. The van der Waals surface area contributed by atoms with Gasteiger partial charge in [-0.3, -0.25) is 4.79 Å². The summed E-state index contributed by atoms with van der Waals surface area (Å²) in [6.07, 6.45) is 8.51. The number of carbonyl (C=O) groups excluding carboxylic acids is 2. The molecule has 1 aromatic rings. The summed E-state index contributed by atoms with van der Waals surface area (Å²) >= 11 is 0. The average Bonchev–Trinajstić information content (AvgIpc) is 3.28. The molecule has 0 unspecified atom stereocenters. The van der Waals surface area contributed by atoms with E-state index in [2.05, 4.69) is 20.8 Å². The van der Waals surface area contributed by atoms with E-state index in [1.54, 1.807) is 12.1 Å². The molecule has 0 aromatic carbocycles. The Labute approximate surface area is 176 Å². The number of hydrogen-bond donors (Lipinski definition) is 0. The van der Waals surface area contributed by atoms with Crippen LogP contribution >= 0.6 is 0 Å². The molecule has 2 heterocycles. The van der Waals surface area contributed by atoms with E-state index in [0.717, 1.165) is 37.9 Å². The van der Waals surface area contributed by atoms with Crippen molar-refractivity contribution >= 4 is 11.8 Å². The van der Waals surface area contributed by atoms with E-state index >= 15 is 0 Å². The highest BCUT2D eigenvalue weighted by atomic mass is 16.6. The van der Waals surface area contributed by atoms with Crippen LogP contribution in [0.15, 0.2) is 46.0 Å². The maximum atomic E-state index is 12.6. The predicted molar refractivity (Wildman–Crippen MR) is 108 cm³/mol. The molecule has 30 heavy (non-hydrogen) atoms. The van der Waals surface area contributed by atoms with E-state index in [-0.39, 0.29) is 34.4 Å². The molecule has 5 aliphatic rings. The van der Waals surface area contributed by atoms with Gasteiger partial charge in [0.2, 0.25) is 17.3 Å². The first-order chi connectivity index (χ1) is 14.3. The van der Waals surface area contributed by atoms with Crippen molar-refractivity contribution in [1.82, 2.24) is 0 Å². The fourth-order valence-corrected chi connectivity index (χ4v) is 7.71. The van der Waals surface area contributed by atoms with Crippen LogP contribution in [0.4, 0.5) is 0 Å². The molecule has 0 N–H and O–H groups in total. The minimum absolute atomic E-state index is 0.0213. The highest BCUT2D eigenvalue weighted by Gasteiger charge is 2.65. The quantitative estimate of drug-likeness (QED) is 0.641. The molecular formula is C25H28O5. The van der Waals surface area contributed by atoms with E-state index in [4.69, 9.17) is 13.9 Å². The molecule has 7 atom stereocenters. The fraction of sp³-hybridized carbons (Fsp3) is 0.600. The average molecular weight is 408 g/mol. The van der Waals surface area contributed by atoms with E-state index < -0.39 is 0 Å². The van der Waals surface area contributed by atoms with Crippen molar-refractivity contribution in [3.63, 3.8) is 0 Å². The summed E-state index contributed by atoms with van der Waals surface area (Å²) < 4.78 is 17.1. The van der Waals surface area contributed by atoms with E-state index in [0.29, 0.717) is 29.4 Å². The second-order valence-corrected chi connectivity index (χ2v) is 10.5. The smallest absolute Gasteiger partial charge is 0.374 e. The second-order valence-electron chi connectivity index (χ2n) is 10.5. The number of ketones is 1. The molecule has 4 aliphatic carbocycles. The van der Waals surface area contributed by atoms with Crippen LogP contribution in [0.1, 0.15) is 63.4 Å². The van der Waals surface area contributed by atoms with Gasteiger partial charge < -0.3 is 13.9 Å². The maximum absolute atomic E-state index is 12.6. The summed E-state index contributed by atoms with van der Waals surface area (Å²) in [4.78, 5) is 24.8. The van der Waals surface area contributed by atoms with Crippen LogP contribution in [0, 0.1) is 34.5 Å². The standard InChI is InChI=1S/C25H28O5/c1-13-11-17-15-7-6-14-12-18(26)20-22(29-20)25(14,3)16(15)8-9-24(17,2)21(13)30-23(27)19-5-4-10-28-19/h4-5,10,12-13,15-17,21H,6-9,11H2,1-3H3/t13-,15-,16+,17+,21-,24+,25+/m1/s1. The first-order valence-electron chi connectivity index (χ1n) is 11.3. The molecule has 1 aromatic heterocycles. The van der Waals surface area contributed by atoms with Crippen molar-refractivity contribution in [3.05, 3.63) is 47.3 Å². The third-order valence-corrected chi connectivity index (χ3v) is 9.15. The van der Waals surface area contributed by atoms with Crippen LogP contribution in [0.5, 0.6) is 0 Å². The fourth-order valence-electron chi connectivity index (χ4n) is 7.71. The SMILES string of the molecule is C[C@@H]1C[C@H]2[C@@H]3CCC4=CC(=O)C5=C(O5)[C@]4(C)[C@H]3CC[C@]2(C)[C@@H]1OC(=O)c1ccco1. The Balaban J connectivity index is 1.30. The number of esters is 1. The molecule has 0 spiro atoms. The first kappa shape index (κ1) is 18.5. The zero-order valence-electron chi connectivity index (χ0n) is 17.8. The summed E-state index contributed by atoms with van der Waals surface area (Å²) in [5, 5.41) is 0. The van der Waals surface area contributed by atoms with Gasteiger partial charge in [-0.1, -0.05) is 19.4 Å². The minimum atomic E-state index is -0.353. The molecule has 6 rings (SSSR count). The van der Waals surface area contributed by atoms with E-state index in [9.17, 15) is 9.59 Å². The Kier molecular flexibility index (Phi) is 3.63. The van der Waals surface area contributed by atoms with Gasteiger partial charge >= 0.3 is 5.97 Å². The van der Waals surface area contributed by atoms with Gasteiger partial charge in [-0.05, 0) is 80.9 Å². The molecule has 0 saturated heterocycles. The summed E-state index contributed by atoms with van der Waals surface area (Å²) in [5.74, 6) is 3.40. The Morgan fingerprint density at radius 3 is 2.83 bits per heavy atom. The molecule has 3 saturated carbocycles. The Morgan fingerprint density at radius 2 is 2.07 bits per heavy atom. The van der Waals surface area contributed by atoms with Gasteiger partial charge in [-0.15, -0.1) is 0 Å². The molecule has 5 nitrogen and oxygen atoms in total. The Morgan fingerprint density at radius 1 is 1.23 bits per heavy atom. The lowest BCUT2D eigenvalue weighted by Crippen LogP contribution is -2.51. The largest absolute Gasteiger partial charge is 0.457 e. The highest BCUT2D eigenvalue weighted by molar-refractivity contribution is 6.07. The Hall–Kier alpha value is -2.30. The molecule has 3 fully saturated rings. The summed E-state index contributed by atoms with van der Waals surface area (Å²) in [6, 6.07) is 3.38. The number of hydrogen-bond acceptors (Lipinski definition) is 5. The lowest BCUT2D eigenvalue weighted by molar-refractivity contribution is -0.112. The first-order valence-corrected chi connectivity index (χ1v) is 11.3. The Bertz CT molecular complexity index is 1000. The number of carbonyl (C=O) groups is 2. The summed E-state index contributed by atoms with van der Waals surface area (Å²) in [7, 11) is 0. The monoisotopic (exact) mass is 408 g/mol. The van der Waals surface area contributed by atoms with Gasteiger partial charge in [0, 0.05) is 5.41 Å². The van der Waals surface area contributed by atoms with Crippen LogP contribution in [0.25, 0.3) is 0 Å². The topological polar surface area (TPSA) is 69.0 Å². The van der Waals surface area contributed by atoms with E-state index in [1.165, 1.54) is 11.8 Å². The lowest BCUT2D eigenvalue weighted by atomic mass is 9.48. The van der Waals surface area contributed by atoms with Gasteiger partial charge in [-0.2, -0.15) is 0 Å². The normalized spacial score (nSPS) is 43.6. The third kappa shape index (κ3) is 2.24. The molecule has 0 radical (unpaired) electrons. The maximum Gasteiger partial charge on any atom is 0.374 e. The third-order valence-electron chi connectivity index (χ3n) is 9.15. The zero-order valence-corrected chi connectivity index (χ0v) is 17.8. The lowest BCUT2D eigenvalue weighted by Gasteiger charge is -2.55. The van der Waals surface area contributed by atoms with Gasteiger partial charge in [0.05, 0.1) is 11.7 Å². The molecule has 1 aliphatic heterocycles. The molecule has 0 bridgehead atoms. The van der Waals surface area contributed by atoms with Crippen molar-refractivity contribution in [3.8, 4) is 0 Å². The van der Waals surface area contributed by atoms with Crippen molar-refractivity contribution in [2.24, 2.45) is 34.5 Å². The zero-order chi connectivity index (χ0) is 20.8. The van der Waals surface area contributed by atoms with Crippen LogP contribution in [0.2, 0.25) is 0 Å².